The van der Waals surface area contributed by atoms with Crippen molar-refractivity contribution >= 4 is 28.7 Å². The van der Waals surface area contributed by atoms with Crippen LogP contribution in [0.5, 0.6) is 0 Å². The van der Waals surface area contributed by atoms with Crippen molar-refractivity contribution in [2.24, 2.45) is 0 Å². The number of ether oxygens (including phenoxy) is 1. The normalized spacial score (nSPS) is 15.9. The molecule has 5 rings (SSSR count). The zero-order chi connectivity index (χ0) is 25.4. The minimum Gasteiger partial charge on any atom is -0.444 e. The standard InChI is InChI=1S/C28H29N5O3/c1-28(2,3)36-27(35)32-14-13-21(15-32)33-16-22(23-25(29)30-17-31-26(23)33)18-9-11-20(12-10-18)24(34)19-7-5-4-6-8-19/h4-12,16-17,21H,13-15H2,1-3H3,(H2,29,30,31). The van der Waals surface area contributed by atoms with Crippen LogP contribution in [0.15, 0.2) is 67.1 Å². The number of carbonyl (C=O) groups excluding carboxylic acids is 2. The Labute approximate surface area is 209 Å². The quantitative estimate of drug-likeness (QED) is 0.406. The summed E-state index contributed by atoms with van der Waals surface area (Å²) in [4.78, 5) is 35.9. The Hall–Kier alpha value is -4.20. The molecule has 1 aliphatic rings. The number of ketones is 1. The van der Waals surface area contributed by atoms with Crippen LogP contribution in [0.1, 0.15) is 49.2 Å². The van der Waals surface area contributed by atoms with Crippen LogP contribution >= 0.6 is 0 Å². The Morgan fingerprint density at radius 1 is 1.00 bits per heavy atom. The Bertz CT molecular complexity index is 1420. The van der Waals surface area contributed by atoms with Gasteiger partial charge < -0.3 is 19.9 Å². The average molecular weight is 484 g/mol. The Morgan fingerprint density at radius 2 is 1.69 bits per heavy atom. The van der Waals surface area contributed by atoms with Crippen LogP contribution in [0.3, 0.4) is 0 Å². The summed E-state index contributed by atoms with van der Waals surface area (Å²) in [5, 5.41) is 0.760. The minimum absolute atomic E-state index is 0.0272. The van der Waals surface area contributed by atoms with E-state index in [9.17, 15) is 9.59 Å². The predicted octanol–water partition coefficient (Wildman–Crippen LogP) is 5.09. The van der Waals surface area contributed by atoms with E-state index in [1.165, 1.54) is 6.33 Å². The summed E-state index contributed by atoms with van der Waals surface area (Å²) >= 11 is 0. The van der Waals surface area contributed by atoms with Crippen molar-refractivity contribution in [3.63, 3.8) is 0 Å². The maximum absolute atomic E-state index is 12.8. The van der Waals surface area contributed by atoms with Gasteiger partial charge in [-0.2, -0.15) is 0 Å². The molecule has 2 N–H and O–H groups in total. The highest BCUT2D eigenvalue weighted by atomic mass is 16.6. The number of hydrogen-bond donors (Lipinski definition) is 1. The molecule has 1 amide bonds. The Kier molecular flexibility index (Phi) is 5.96. The highest BCUT2D eigenvalue weighted by molar-refractivity contribution is 6.09. The van der Waals surface area contributed by atoms with Crippen LogP contribution in [0.2, 0.25) is 0 Å². The second kappa shape index (κ2) is 9.11. The third-order valence-electron chi connectivity index (χ3n) is 6.34. The van der Waals surface area contributed by atoms with E-state index in [1.807, 2.05) is 81.6 Å². The van der Waals surface area contributed by atoms with E-state index in [0.717, 1.165) is 28.6 Å². The molecule has 8 heteroatoms. The van der Waals surface area contributed by atoms with Gasteiger partial charge in [0.25, 0.3) is 0 Å². The fourth-order valence-electron chi connectivity index (χ4n) is 4.62. The topological polar surface area (TPSA) is 103 Å². The van der Waals surface area contributed by atoms with Crippen LogP contribution in [-0.4, -0.2) is 50.0 Å². The predicted molar refractivity (Wildman–Crippen MR) is 139 cm³/mol. The molecule has 1 aliphatic heterocycles. The third kappa shape index (κ3) is 4.54. The van der Waals surface area contributed by atoms with E-state index in [4.69, 9.17) is 10.5 Å². The van der Waals surface area contributed by atoms with Gasteiger partial charge in [0.2, 0.25) is 0 Å². The molecular weight excluding hydrogens is 454 g/mol. The number of nitrogen functional groups attached to an aromatic ring is 1. The molecule has 1 fully saturated rings. The number of nitrogens with zero attached hydrogens (tertiary/aromatic N) is 4. The van der Waals surface area contributed by atoms with Crippen LogP contribution in [-0.2, 0) is 4.74 Å². The number of hydrogen-bond acceptors (Lipinski definition) is 6. The molecule has 0 aliphatic carbocycles. The molecule has 3 heterocycles. The third-order valence-corrected chi connectivity index (χ3v) is 6.34. The van der Waals surface area contributed by atoms with Crippen molar-refractivity contribution in [3.8, 4) is 11.1 Å². The molecular formula is C28H29N5O3. The first kappa shape index (κ1) is 23.5. The number of aromatic nitrogens is 3. The molecule has 184 valence electrons. The van der Waals surface area contributed by atoms with E-state index in [2.05, 4.69) is 14.5 Å². The van der Waals surface area contributed by atoms with Crippen LogP contribution < -0.4 is 5.73 Å². The Balaban J connectivity index is 1.46. The number of fused-ring (bicyclic) bond motifs is 1. The molecule has 8 nitrogen and oxygen atoms in total. The summed E-state index contributed by atoms with van der Waals surface area (Å²) in [5.41, 5.74) is 9.54. The number of anilines is 1. The van der Waals surface area contributed by atoms with Gasteiger partial charge in [0.05, 0.1) is 11.4 Å². The SMILES string of the molecule is CC(C)(C)OC(=O)N1CCC(n2cc(-c3ccc(C(=O)c4ccccc4)cc3)c3c(N)ncnc32)C1. The fourth-order valence-corrected chi connectivity index (χ4v) is 4.62. The molecule has 0 spiro atoms. The van der Waals surface area contributed by atoms with Gasteiger partial charge >= 0.3 is 6.09 Å². The van der Waals surface area contributed by atoms with Crippen molar-refractivity contribution < 1.29 is 14.3 Å². The molecule has 2 aromatic heterocycles. The van der Waals surface area contributed by atoms with Crippen LogP contribution in [0.4, 0.5) is 10.6 Å². The highest BCUT2D eigenvalue weighted by Crippen LogP contribution is 2.36. The molecule has 0 radical (unpaired) electrons. The lowest BCUT2D eigenvalue weighted by atomic mass is 9.99. The number of likely N-dealkylation sites (tertiary alicyclic amines) is 1. The first-order valence-corrected chi connectivity index (χ1v) is 12.0. The Morgan fingerprint density at radius 3 is 2.39 bits per heavy atom. The summed E-state index contributed by atoms with van der Waals surface area (Å²) in [6.45, 7) is 6.71. The molecule has 1 atom stereocenters. The van der Waals surface area contributed by atoms with Gasteiger partial charge in [-0.05, 0) is 32.8 Å². The van der Waals surface area contributed by atoms with E-state index >= 15 is 0 Å². The summed E-state index contributed by atoms with van der Waals surface area (Å²) in [6, 6.07) is 16.7. The molecule has 0 saturated carbocycles. The van der Waals surface area contributed by atoms with Gasteiger partial charge in [0, 0.05) is 36.0 Å². The number of amides is 1. The first-order chi connectivity index (χ1) is 17.2. The average Bonchev–Trinajstić information content (AvgIpc) is 3.49. The van der Waals surface area contributed by atoms with Gasteiger partial charge in [-0.3, -0.25) is 4.79 Å². The molecule has 4 aromatic rings. The van der Waals surface area contributed by atoms with Gasteiger partial charge in [0.1, 0.15) is 23.4 Å². The molecule has 2 aromatic carbocycles. The summed E-state index contributed by atoms with van der Waals surface area (Å²) in [5.74, 6) is 0.362. The van der Waals surface area contributed by atoms with Gasteiger partial charge in [-0.1, -0.05) is 54.6 Å². The summed E-state index contributed by atoms with van der Waals surface area (Å²) in [7, 11) is 0. The zero-order valence-electron chi connectivity index (χ0n) is 20.6. The number of benzene rings is 2. The lowest BCUT2D eigenvalue weighted by Gasteiger charge is -2.24. The molecule has 36 heavy (non-hydrogen) atoms. The van der Waals surface area contributed by atoms with Crippen molar-refractivity contribution in [3.05, 3.63) is 78.2 Å². The van der Waals surface area contributed by atoms with Crippen molar-refractivity contribution in [2.45, 2.75) is 38.8 Å². The summed E-state index contributed by atoms with van der Waals surface area (Å²) in [6.07, 6.45) is 3.94. The van der Waals surface area contributed by atoms with Crippen molar-refractivity contribution in [1.82, 2.24) is 19.4 Å². The number of rotatable bonds is 4. The molecule has 1 saturated heterocycles. The molecule has 1 unspecified atom stereocenters. The van der Waals surface area contributed by atoms with E-state index < -0.39 is 5.60 Å². The van der Waals surface area contributed by atoms with E-state index in [-0.39, 0.29) is 17.9 Å². The number of nitrogens with two attached hydrogens (primary N) is 1. The fraction of sp³-hybridized carbons (Fsp3) is 0.286. The maximum atomic E-state index is 12.8. The summed E-state index contributed by atoms with van der Waals surface area (Å²) < 4.78 is 7.63. The van der Waals surface area contributed by atoms with Crippen molar-refractivity contribution in [2.75, 3.05) is 18.8 Å². The lowest BCUT2D eigenvalue weighted by molar-refractivity contribution is 0.0289. The molecule has 0 bridgehead atoms. The second-order valence-corrected chi connectivity index (χ2v) is 10.0. The van der Waals surface area contributed by atoms with E-state index in [0.29, 0.717) is 30.0 Å². The smallest absolute Gasteiger partial charge is 0.410 e. The lowest BCUT2D eigenvalue weighted by Crippen LogP contribution is -2.35. The van der Waals surface area contributed by atoms with Crippen molar-refractivity contribution in [1.29, 1.82) is 0 Å². The van der Waals surface area contributed by atoms with Crippen LogP contribution in [0, 0.1) is 0 Å². The second-order valence-electron chi connectivity index (χ2n) is 10.0. The van der Waals surface area contributed by atoms with Gasteiger partial charge in [-0.25, -0.2) is 14.8 Å². The first-order valence-electron chi connectivity index (χ1n) is 12.0. The highest BCUT2D eigenvalue weighted by Gasteiger charge is 2.32. The number of carbonyl (C=O) groups is 2. The monoisotopic (exact) mass is 483 g/mol. The maximum Gasteiger partial charge on any atom is 0.410 e. The van der Waals surface area contributed by atoms with E-state index in [1.54, 1.807) is 4.90 Å². The van der Waals surface area contributed by atoms with Crippen LogP contribution in [0.25, 0.3) is 22.2 Å². The minimum atomic E-state index is -0.543. The van der Waals surface area contributed by atoms with Gasteiger partial charge in [-0.15, -0.1) is 0 Å². The zero-order valence-corrected chi connectivity index (χ0v) is 20.6. The van der Waals surface area contributed by atoms with Gasteiger partial charge in [0.15, 0.2) is 5.78 Å². The largest absolute Gasteiger partial charge is 0.444 e.